The van der Waals surface area contributed by atoms with Gasteiger partial charge >= 0.3 is 11.7 Å². The summed E-state index contributed by atoms with van der Waals surface area (Å²) in [7, 11) is 0. The number of ether oxygens (including phenoxy) is 2. The fourth-order valence-electron chi connectivity index (χ4n) is 2.25. The highest BCUT2D eigenvalue weighted by molar-refractivity contribution is 5.75. The maximum atomic E-state index is 11.8. The predicted molar refractivity (Wildman–Crippen MR) is 91.3 cm³/mol. The minimum Gasteiger partial charge on any atom is -0.483 e. The van der Waals surface area contributed by atoms with E-state index in [1.165, 1.54) is 12.3 Å². The fourth-order valence-corrected chi connectivity index (χ4v) is 2.25. The molecule has 1 fully saturated rings. The zero-order valence-electron chi connectivity index (χ0n) is 14.8. The van der Waals surface area contributed by atoms with Gasteiger partial charge in [0.15, 0.2) is 6.23 Å². The van der Waals surface area contributed by atoms with Crippen molar-refractivity contribution in [2.24, 2.45) is 11.7 Å². The Kier molecular flexibility index (Phi) is 8.31. The smallest absolute Gasteiger partial charge is 0.351 e. The van der Waals surface area contributed by atoms with Crippen LogP contribution in [-0.2, 0) is 19.1 Å². The molecule has 0 aromatic carbocycles. The molecular formula is C15H24N4O8. The van der Waals surface area contributed by atoms with Crippen molar-refractivity contribution in [3.63, 3.8) is 0 Å². The van der Waals surface area contributed by atoms with Gasteiger partial charge in [0.05, 0.1) is 0 Å². The van der Waals surface area contributed by atoms with E-state index in [-0.39, 0.29) is 24.8 Å². The number of hydrogen-bond donors (Lipinski definition) is 5. The Labute approximate surface area is 154 Å². The summed E-state index contributed by atoms with van der Waals surface area (Å²) in [4.78, 5) is 35.5. The van der Waals surface area contributed by atoms with Gasteiger partial charge in [-0.25, -0.2) is 4.79 Å². The summed E-state index contributed by atoms with van der Waals surface area (Å²) in [6.07, 6.45) is -3.60. The number of esters is 1. The van der Waals surface area contributed by atoms with Gasteiger partial charge in [0.1, 0.15) is 36.8 Å². The molecular weight excluding hydrogens is 364 g/mol. The number of rotatable bonds is 5. The maximum absolute atomic E-state index is 11.8. The molecule has 7 N–H and O–H groups in total. The Morgan fingerprint density at radius 1 is 1.44 bits per heavy atom. The lowest BCUT2D eigenvalue weighted by Crippen LogP contribution is -2.40. The molecule has 12 nitrogen and oxygen atoms in total. The zero-order valence-corrected chi connectivity index (χ0v) is 14.8. The van der Waals surface area contributed by atoms with Crippen LogP contribution in [0.2, 0.25) is 0 Å². The third-order valence-electron chi connectivity index (χ3n) is 3.84. The first-order chi connectivity index (χ1) is 12.6. The van der Waals surface area contributed by atoms with Crippen LogP contribution in [0.25, 0.3) is 0 Å². The molecule has 1 aliphatic rings. The normalized spacial score (nSPS) is 25.4. The van der Waals surface area contributed by atoms with E-state index >= 15 is 0 Å². The molecule has 0 unspecified atom stereocenters. The summed E-state index contributed by atoms with van der Waals surface area (Å²) < 4.78 is 11.5. The molecule has 0 bridgehead atoms. The van der Waals surface area contributed by atoms with Crippen LogP contribution in [0.4, 0.5) is 5.82 Å². The number of aliphatic hydroxyl groups excluding tert-OH is 2. The van der Waals surface area contributed by atoms with Gasteiger partial charge in [0, 0.05) is 6.20 Å². The minimum absolute atomic E-state index is 0.0254. The van der Waals surface area contributed by atoms with Crippen LogP contribution in [0.1, 0.15) is 20.1 Å². The summed E-state index contributed by atoms with van der Waals surface area (Å²) in [5.41, 5.74) is 10.3. The van der Waals surface area contributed by atoms with Crippen LogP contribution in [-0.4, -0.2) is 68.3 Å². The van der Waals surface area contributed by atoms with E-state index in [4.69, 9.17) is 30.8 Å². The molecule has 2 rings (SSSR count). The maximum Gasteiger partial charge on any atom is 0.351 e. The van der Waals surface area contributed by atoms with Crippen molar-refractivity contribution in [2.75, 3.05) is 12.3 Å². The van der Waals surface area contributed by atoms with Gasteiger partial charge in [-0.15, -0.1) is 0 Å². The van der Waals surface area contributed by atoms with E-state index in [0.717, 1.165) is 4.57 Å². The van der Waals surface area contributed by atoms with Crippen molar-refractivity contribution in [1.29, 1.82) is 0 Å². The van der Waals surface area contributed by atoms with Crippen LogP contribution >= 0.6 is 0 Å². The molecule has 0 aliphatic carbocycles. The number of anilines is 1. The lowest BCUT2D eigenvalue weighted by molar-refractivity contribution is -0.152. The Morgan fingerprint density at radius 3 is 2.56 bits per heavy atom. The van der Waals surface area contributed by atoms with E-state index in [1.807, 2.05) is 0 Å². The predicted octanol–water partition coefficient (Wildman–Crippen LogP) is -2.33. The standard InChI is InChI=1S/C14H22N4O6.CH2O2/c1-6(2)9(16)13(21)23-5-7-10(19)11(20)12(24-7)18-4-3-8(15)17-14(18)22;2-1-3/h3-4,6-7,9-12,19-20H,5,16H2,1-2H3,(H2,15,17,22);1H,(H,2,3)/t7-,9+,10-,11+,12-;/m1./s1. The molecule has 0 amide bonds. The van der Waals surface area contributed by atoms with Crippen LogP contribution < -0.4 is 17.2 Å². The SMILES string of the molecule is CC(C)[C@H](N)C(=O)OC[C@H]1O[C@@H](n2ccc(N)nc2=O)[C@@H](O)[C@@H]1O.O=CO. The van der Waals surface area contributed by atoms with Crippen LogP contribution in [0.3, 0.4) is 0 Å². The topological polar surface area (TPSA) is 200 Å². The van der Waals surface area contributed by atoms with E-state index in [0.29, 0.717) is 0 Å². The van der Waals surface area contributed by atoms with Gasteiger partial charge in [-0.3, -0.25) is 14.2 Å². The van der Waals surface area contributed by atoms with E-state index in [2.05, 4.69) is 4.98 Å². The fraction of sp³-hybridized carbons (Fsp3) is 0.600. The van der Waals surface area contributed by atoms with Crippen LogP contribution in [0, 0.1) is 5.92 Å². The lowest BCUT2D eigenvalue weighted by atomic mass is 10.1. The van der Waals surface area contributed by atoms with Crippen LogP contribution in [0.15, 0.2) is 17.1 Å². The molecule has 2 heterocycles. The molecule has 152 valence electrons. The first kappa shape index (κ1) is 22.5. The average molecular weight is 388 g/mol. The van der Waals surface area contributed by atoms with Crippen molar-refractivity contribution < 1.29 is 34.4 Å². The minimum atomic E-state index is -1.39. The summed E-state index contributed by atoms with van der Waals surface area (Å²) in [5, 5.41) is 27.0. The Hall–Kier alpha value is -2.54. The van der Waals surface area contributed by atoms with Crippen molar-refractivity contribution >= 4 is 18.3 Å². The van der Waals surface area contributed by atoms with E-state index < -0.39 is 42.2 Å². The lowest BCUT2D eigenvalue weighted by Gasteiger charge is -2.18. The molecule has 1 aliphatic heterocycles. The van der Waals surface area contributed by atoms with Crippen LogP contribution in [0.5, 0.6) is 0 Å². The molecule has 1 saturated heterocycles. The Balaban J connectivity index is 0.00000114. The molecule has 27 heavy (non-hydrogen) atoms. The van der Waals surface area contributed by atoms with Gasteiger partial charge < -0.3 is 36.3 Å². The molecule has 0 saturated carbocycles. The summed E-state index contributed by atoms with van der Waals surface area (Å²) >= 11 is 0. The molecule has 5 atom stereocenters. The molecule has 0 radical (unpaired) electrons. The summed E-state index contributed by atoms with van der Waals surface area (Å²) in [5.74, 6) is -0.716. The second-order valence-electron chi connectivity index (χ2n) is 6.09. The largest absolute Gasteiger partial charge is 0.483 e. The number of nitrogen functional groups attached to an aromatic ring is 1. The number of nitrogens with zero attached hydrogens (tertiary/aromatic N) is 2. The zero-order chi connectivity index (χ0) is 20.7. The Bertz CT molecular complexity index is 695. The number of carbonyl (C=O) groups is 2. The van der Waals surface area contributed by atoms with Crippen molar-refractivity contribution in [2.45, 2.75) is 44.4 Å². The van der Waals surface area contributed by atoms with Gasteiger partial charge in [-0.05, 0) is 12.0 Å². The molecule has 12 heteroatoms. The van der Waals surface area contributed by atoms with Gasteiger partial charge in [0.2, 0.25) is 0 Å². The number of aliphatic hydroxyl groups is 2. The highest BCUT2D eigenvalue weighted by atomic mass is 16.6. The quantitative estimate of drug-likeness (QED) is 0.267. The van der Waals surface area contributed by atoms with Crippen molar-refractivity contribution in [3.05, 3.63) is 22.7 Å². The number of carboxylic acid groups (broad SMARTS) is 1. The second kappa shape index (κ2) is 9.97. The Morgan fingerprint density at radius 2 is 2.04 bits per heavy atom. The number of nitrogens with two attached hydrogens (primary N) is 2. The number of carbonyl (C=O) groups excluding carboxylic acids is 1. The van der Waals surface area contributed by atoms with E-state index in [1.54, 1.807) is 13.8 Å². The third kappa shape index (κ3) is 5.72. The van der Waals surface area contributed by atoms with Crippen molar-refractivity contribution in [3.8, 4) is 0 Å². The molecule has 0 spiro atoms. The molecule has 1 aromatic heterocycles. The monoisotopic (exact) mass is 388 g/mol. The molecule has 1 aromatic rings. The number of hydrogen-bond acceptors (Lipinski definition) is 10. The second-order valence-corrected chi connectivity index (χ2v) is 6.09. The van der Waals surface area contributed by atoms with Gasteiger partial charge in [-0.2, -0.15) is 4.98 Å². The highest BCUT2D eigenvalue weighted by Crippen LogP contribution is 2.28. The van der Waals surface area contributed by atoms with Gasteiger partial charge in [0.25, 0.3) is 6.47 Å². The van der Waals surface area contributed by atoms with Crippen molar-refractivity contribution in [1.82, 2.24) is 9.55 Å². The highest BCUT2D eigenvalue weighted by Gasteiger charge is 2.44. The average Bonchev–Trinajstić information content (AvgIpc) is 2.88. The summed E-state index contributed by atoms with van der Waals surface area (Å²) in [6, 6.07) is 0.562. The first-order valence-corrected chi connectivity index (χ1v) is 8.00. The third-order valence-corrected chi connectivity index (χ3v) is 3.84. The first-order valence-electron chi connectivity index (χ1n) is 8.00. The number of aromatic nitrogens is 2. The van der Waals surface area contributed by atoms with E-state index in [9.17, 15) is 19.8 Å². The van der Waals surface area contributed by atoms with Gasteiger partial charge in [-0.1, -0.05) is 13.8 Å². The summed E-state index contributed by atoms with van der Waals surface area (Å²) in [6.45, 7) is 2.99.